The summed E-state index contributed by atoms with van der Waals surface area (Å²) < 4.78 is 5.32. The van der Waals surface area contributed by atoms with Crippen LogP contribution >= 0.6 is 0 Å². The summed E-state index contributed by atoms with van der Waals surface area (Å²) >= 11 is 0. The highest BCUT2D eigenvalue weighted by Crippen LogP contribution is 2.59. The predicted molar refractivity (Wildman–Crippen MR) is 97.3 cm³/mol. The van der Waals surface area contributed by atoms with Gasteiger partial charge in [-0.2, -0.15) is 0 Å². The normalized spacial score (nSPS) is 22.0. The molecule has 130 valence electrons. The monoisotopic (exact) mass is 328 g/mol. The summed E-state index contributed by atoms with van der Waals surface area (Å²) in [6.07, 6.45) is 5.59. The average Bonchev–Trinajstić information content (AvgIpc) is 3.28. The zero-order valence-electron chi connectivity index (χ0n) is 15.0. The van der Waals surface area contributed by atoms with Gasteiger partial charge in [0.1, 0.15) is 5.75 Å². The lowest BCUT2D eigenvalue weighted by molar-refractivity contribution is -0.118. The summed E-state index contributed by atoms with van der Waals surface area (Å²) in [5.74, 6) is 1.03. The van der Waals surface area contributed by atoms with Crippen molar-refractivity contribution in [3.8, 4) is 5.75 Å². The lowest BCUT2D eigenvalue weighted by Crippen LogP contribution is -2.36. The number of rotatable bonds is 5. The van der Waals surface area contributed by atoms with Crippen molar-refractivity contribution >= 4 is 11.6 Å². The van der Waals surface area contributed by atoms with Crippen molar-refractivity contribution in [3.05, 3.63) is 35.9 Å². The standard InChI is InChI=1S/C20H28N2O2/c1-15(2)8-11-22-12-9-20(10-13-22)14-16(20)19(23)21-17-6-4-5-7-18(17)24-3/h4-8,16H,9-14H2,1-3H3,(H,21,23). The van der Waals surface area contributed by atoms with Crippen molar-refractivity contribution in [3.63, 3.8) is 0 Å². The molecule has 1 saturated heterocycles. The number of anilines is 1. The Labute approximate surface area is 144 Å². The van der Waals surface area contributed by atoms with Crippen LogP contribution in [0.3, 0.4) is 0 Å². The molecule has 1 N–H and O–H groups in total. The minimum Gasteiger partial charge on any atom is -0.495 e. The molecule has 1 aliphatic carbocycles. The van der Waals surface area contributed by atoms with E-state index in [1.165, 1.54) is 5.57 Å². The van der Waals surface area contributed by atoms with Crippen LogP contribution in [-0.2, 0) is 4.79 Å². The third kappa shape index (κ3) is 3.64. The molecule has 1 amide bonds. The highest BCUT2D eigenvalue weighted by Gasteiger charge is 2.58. The highest BCUT2D eigenvalue weighted by atomic mass is 16.5. The number of benzene rings is 1. The first-order chi connectivity index (χ1) is 11.5. The molecule has 3 rings (SSSR count). The van der Waals surface area contributed by atoms with E-state index in [-0.39, 0.29) is 17.2 Å². The number of carbonyl (C=O) groups excluding carboxylic acids is 1. The fourth-order valence-electron chi connectivity index (χ4n) is 3.73. The molecule has 1 aromatic rings. The van der Waals surface area contributed by atoms with Crippen molar-refractivity contribution in [2.75, 3.05) is 32.1 Å². The first kappa shape index (κ1) is 17.0. The number of amides is 1. The maximum absolute atomic E-state index is 12.6. The molecule has 4 heteroatoms. The number of nitrogens with zero attached hydrogens (tertiary/aromatic N) is 1. The van der Waals surface area contributed by atoms with Crippen LogP contribution in [-0.4, -0.2) is 37.6 Å². The van der Waals surface area contributed by atoms with Gasteiger partial charge in [0.2, 0.25) is 5.91 Å². The maximum Gasteiger partial charge on any atom is 0.228 e. The van der Waals surface area contributed by atoms with E-state index in [1.54, 1.807) is 7.11 Å². The number of hydrogen-bond donors (Lipinski definition) is 1. The quantitative estimate of drug-likeness (QED) is 0.838. The minimum absolute atomic E-state index is 0.150. The number of methoxy groups -OCH3 is 1. The van der Waals surface area contributed by atoms with Crippen LogP contribution in [0.4, 0.5) is 5.69 Å². The van der Waals surface area contributed by atoms with Gasteiger partial charge in [-0.15, -0.1) is 0 Å². The van der Waals surface area contributed by atoms with Crippen LogP contribution < -0.4 is 10.1 Å². The number of ether oxygens (including phenoxy) is 1. The molecular weight excluding hydrogens is 300 g/mol. The first-order valence-electron chi connectivity index (χ1n) is 8.84. The summed E-state index contributed by atoms with van der Waals surface area (Å²) in [6, 6.07) is 7.60. The van der Waals surface area contributed by atoms with E-state index < -0.39 is 0 Å². The number of para-hydroxylation sites is 2. The van der Waals surface area contributed by atoms with Gasteiger partial charge >= 0.3 is 0 Å². The van der Waals surface area contributed by atoms with E-state index >= 15 is 0 Å². The van der Waals surface area contributed by atoms with Gasteiger partial charge in [-0.05, 0) is 63.7 Å². The van der Waals surface area contributed by atoms with Crippen molar-refractivity contribution in [1.82, 2.24) is 4.90 Å². The number of piperidine rings is 1. The van der Waals surface area contributed by atoms with Gasteiger partial charge in [-0.3, -0.25) is 9.69 Å². The summed E-state index contributed by atoms with van der Waals surface area (Å²) in [6.45, 7) is 7.52. The lowest BCUT2D eigenvalue weighted by atomic mass is 9.90. The molecule has 0 radical (unpaired) electrons. The Kier molecular flexibility index (Phi) is 4.95. The molecule has 1 spiro atoms. The van der Waals surface area contributed by atoms with Gasteiger partial charge in [0.25, 0.3) is 0 Å². The smallest absolute Gasteiger partial charge is 0.228 e. The van der Waals surface area contributed by atoms with Gasteiger partial charge in [0, 0.05) is 12.5 Å². The van der Waals surface area contributed by atoms with Crippen LogP contribution in [0.5, 0.6) is 5.75 Å². The Hall–Kier alpha value is -1.81. The number of nitrogens with one attached hydrogen (secondary N) is 1. The average molecular weight is 328 g/mol. The highest BCUT2D eigenvalue weighted by molar-refractivity contribution is 5.96. The van der Waals surface area contributed by atoms with Gasteiger partial charge in [-0.25, -0.2) is 0 Å². The summed E-state index contributed by atoms with van der Waals surface area (Å²) in [4.78, 5) is 15.1. The molecule has 2 fully saturated rings. The molecule has 1 atom stereocenters. The van der Waals surface area contributed by atoms with Crippen molar-refractivity contribution < 1.29 is 9.53 Å². The van der Waals surface area contributed by atoms with E-state index in [4.69, 9.17) is 4.74 Å². The molecule has 1 aromatic carbocycles. The molecule has 0 bridgehead atoms. The number of carbonyl (C=O) groups is 1. The van der Waals surface area contributed by atoms with Crippen LogP contribution in [0, 0.1) is 11.3 Å². The number of allylic oxidation sites excluding steroid dienone is 1. The summed E-state index contributed by atoms with van der Waals surface area (Å²) in [5.41, 5.74) is 2.39. The third-order valence-corrected chi connectivity index (χ3v) is 5.48. The SMILES string of the molecule is COc1ccccc1NC(=O)C1CC12CCN(CC=C(C)C)CC2. The second kappa shape index (κ2) is 6.98. The van der Waals surface area contributed by atoms with E-state index in [9.17, 15) is 4.79 Å². The van der Waals surface area contributed by atoms with E-state index in [1.807, 2.05) is 24.3 Å². The zero-order chi connectivity index (χ0) is 17.2. The van der Waals surface area contributed by atoms with E-state index in [2.05, 4.69) is 30.1 Å². The molecular formula is C20H28N2O2. The maximum atomic E-state index is 12.6. The molecule has 1 aliphatic heterocycles. The zero-order valence-corrected chi connectivity index (χ0v) is 15.0. The summed E-state index contributed by atoms with van der Waals surface area (Å²) in [5, 5.41) is 3.06. The second-order valence-corrected chi connectivity index (χ2v) is 7.39. The van der Waals surface area contributed by atoms with Gasteiger partial charge < -0.3 is 10.1 Å². The van der Waals surface area contributed by atoms with Gasteiger partial charge in [0.05, 0.1) is 12.8 Å². The number of hydrogen-bond acceptors (Lipinski definition) is 3. The molecule has 4 nitrogen and oxygen atoms in total. The topological polar surface area (TPSA) is 41.6 Å². The second-order valence-electron chi connectivity index (χ2n) is 7.39. The fraction of sp³-hybridized carbons (Fsp3) is 0.550. The predicted octanol–water partition coefficient (Wildman–Crippen LogP) is 3.70. The van der Waals surface area contributed by atoms with Gasteiger partial charge in [0.15, 0.2) is 0 Å². The molecule has 0 aromatic heterocycles. The van der Waals surface area contributed by atoms with Crippen LogP contribution in [0.15, 0.2) is 35.9 Å². The minimum atomic E-state index is 0.150. The Morgan fingerprint density at radius 1 is 1.33 bits per heavy atom. The molecule has 24 heavy (non-hydrogen) atoms. The summed E-state index contributed by atoms with van der Waals surface area (Å²) in [7, 11) is 1.63. The first-order valence-corrected chi connectivity index (χ1v) is 8.84. The third-order valence-electron chi connectivity index (χ3n) is 5.48. The van der Waals surface area contributed by atoms with Crippen LogP contribution in [0.1, 0.15) is 33.1 Å². The Bertz CT molecular complexity index is 626. The Morgan fingerprint density at radius 2 is 2.04 bits per heavy atom. The number of likely N-dealkylation sites (tertiary alicyclic amines) is 1. The van der Waals surface area contributed by atoms with E-state index in [0.29, 0.717) is 0 Å². The molecule has 1 saturated carbocycles. The van der Waals surface area contributed by atoms with Crippen molar-refractivity contribution in [1.29, 1.82) is 0 Å². The van der Waals surface area contributed by atoms with Crippen LogP contribution in [0.2, 0.25) is 0 Å². The Balaban J connectivity index is 1.54. The largest absolute Gasteiger partial charge is 0.495 e. The van der Waals surface area contributed by atoms with Crippen molar-refractivity contribution in [2.24, 2.45) is 11.3 Å². The molecule has 2 aliphatic rings. The Morgan fingerprint density at radius 3 is 2.71 bits per heavy atom. The van der Waals surface area contributed by atoms with Gasteiger partial charge in [-0.1, -0.05) is 23.8 Å². The van der Waals surface area contributed by atoms with Crippen LogP contribution in [0.25, 0.3) is 0 Å². The van der Waals surface area contributed by atoms with Crippen molar-refractivity contribution in [2.45, 2.75) is 33.1 Å². The molecule has 1 heterocycles. The molecule has 1 unspecified atom stereocenters. The lowest BCUT2D eigenvalue weighted by Gasteiger charge is -2.32. The van der Waals surface area contributed by atoms with E-state index in [0.717, 1.165) is 50.3 Å². The fourth-order valence-corrected chi connectivity index (χ4v) is 3.73.